The topological polar surface area (TPSA) is 84.5 Å². The van der Waals surface area contributed by atoms with E-state index in [1.54, 1.807) is 55.5 Å². The first kappa shape index (κ1) is 16.8. The van der Waals surface area contributed by atoms with E-state index in [1.807, 2.05) is 0 Å². The van der Waals surface area contributed by atoms with Gasteiger partial charge in [-0.05, 0) is 55.5 Å². The molecule has 0 heterocycles. The molecule has 2 aromatic carbocycles. The van der Waals surface area contributed by atoms with Gasteiger partial charge in [-0.1, -0.05) is 0 Å². The van der Waals surface area contributed by atoms with Gasteiger partial charge in [0.2, 0.25) is 10.0 Å². The van der Waals surface area contributed by atoms with Crippen molar-refractivity contribution in [1.82, 2.24) is 0 Å². The molecule has 0 unspecified atom stereocenters. The second kappa shape index (κ2) is 7.15. The van der Waals surface area contributed by atoms with Gasteiger partial charge in [0.1, 0.15) is 0 Å². The summed E-state index contributed by atoms with van der Waals surface area (Å²) in [6.07, 6.45) is 0. The van der Waals surface area contributed by atoms with Crippen LogP contribution in [0.25, 0.3) is 0 Å². The molecule has 0 saturated carbocycles. The second-order valence-corrected chi connectivity index (χ2v) is 6.79. The lowest BCUT2D eigenvalue weighted by Crippen LogP contribution is -2.14. The molecule has 2 N–H and O–H groups in total. The van der Waals surface area contributed by atoms with Gasteiger partial charge in [0.15, 0.2) is 0 Å². The zero-order valence-electron chi connectivity index (χ0n) is 12.9. The summed E-state index contributed by atoms with van der Waals surface area (Å²) in [4.78, 5) is 11.4. The highest BCUT2D eigenvalue weighted by Crippen LogP contribution is 2.20. The quantitative estimate of drug-likeness (QED) is 0.793. The van der Waals surface area contributed by atoms with Gasteiger partial charge in [-0.3, -0.25) is 4.72 Å². The summed E-state index contributed by atoms with van der Waals surface area (Å²) >= 11 is 0. The fraction of sp³-hybridized carbons (Fsp3) is 0.188. The molecule has 0 bridgehead atoms. The number of hydrogen-bond acceptors (Lipinski definition) is 5. The zero-order valence-corrected chi connectivity index (χ0v) is 13.7. The number of ether oxygens (including phenoxy) is 1. The van der Waals surface area contributed by atoms with Gasteiger partial charge in [-0.25, -0.2) is 13.2 Å². The van der Waals surface area contributed by atoms with Crippen molar-refractivity contribution < 1.29 is 17.9 Å². The molecule has 0 atom stereocenters. The van der Waals surface area contributed by atoms with Crippen LogP contribution in [-0.2, 0) is 14.8 Å². The molecule has 2 rings (SSSR count). The largest absolute Gasteiger partial charge is 0.465 e. The molecule has 0 aliphatic rings. The van der Waals surface area contributed by atoms with Crippen LogP contribution < -0.4 is 10.0 Å². The maximum atomic E-state index is 11.5. The molecule has 2 aromatic rings. The first-order valence-electron chi connectivity index (χ1n) is 6.99. The maximum absolute atomic E-state index is 11.5. The number of esters is 1. The molecule has 0 spiro atoms. The molecule has 122 valence electrons. The number of benzene rings is 2. The number of carbonyl (C=O) groups is 1. The van der Waals surface area contributed by atoms with E-state index in [2.05, 4.69) is 14.8 Å². The summed E-state index contributed by atoms with van der Waals surface area (Å²) in [7, 11) is -1.94. The standard InChI is InChI=1S/C16H18N2O4S/c1-3-23(20,21)18-15-10-8-14(9-11-15)17-13-6-4-12(5-7-13)16(19)22-2/h4-11,17-18H,3H2,1-2H3. The van der Waals surface area contributed by atoms with Crippen molar-refractivity contribution in [3.8, 4) is 0 Å². The Morgan fingerprint density at radius 1 is 0.957 bits per heavy atom. The Bertz CT molecular complexity index is 769. The molecule has 7 heteroatoms. The van der Waals surface area contributed by atoms with Crippen LogP contribution in [0.5, 0.6) is 0 Å². The van der Waals surface area contributed by atoms with E-state index in [0.29, 0.717) is 11.3 Å². The Labute approximate surface area is 135 Å². The third kappa shape index (κ3) is 4.72. The first-order chi connectivity index (χ1) is 10.9. The van der Waals surface area contributed by atoms with Gasteiger partial charge in [0.25, 0.3) is 0 Å². The molecule has 0 aliphatic heterocycles. The predicted octanol–water partition coefficient (Wildman–Crippen LogP) is 2.98. The monoisotopic (exact) mass is 334 g/mol. The molecular formula is C16H18N2O4S. The summed E-state index contributed by atoms with van der Waals surface area (Å²) < 4.78 is 30.1. The summed E-state index contributed by atoms with van der Waals surface area (Å²) in [5, 5.41) is 3.16. The molecule has 0 radical (unpaired) electrons. The Hall–Kier alpha value is -2.54. The van der Waals surface area contributed by atoms with Crippen molar-refractivity contribution in [2.75, 3.05) is 22.9 Å². The van der Waals surface area contributed by atoms with Gasteiger partial charge in [0.05, 0.1) is 18.4 Å². The smallest absolute Gasteiger partial charge is 0.337 e. The molecule has 0 amide bonds. The van der Waals surface area contributed by atoms with E-state index >= 15 is 0 Å². The molecular weight excluding hydrogens is 316 g/mol. The Morgan fingerprint density at radius 3 is 1.91 bits per heavy atom. The van der Waals surface area contributed by atoms with E-state index in [4.69, 9.17) is 0 Å². The van der Waals surface area contributed by atoms with Crippen LogP contribution in [0.3, 0.4) is 0 Å². The summed E-state index contributed by atoms with van der Waals surface area (Å²) in [5.74, 6) is -0.358. The number of nitrogens with one attached hydrogen (secondary N) is 2. The van der Waals surface area contributed by atoms with E-state index in [9.17, 15) is 13.2 Å². The van der Waals surface area contributed by atoms with Crippen molar-refractivity contribution in [1.29, 1.82) is 0 Å². The van der Waals surface area contributed by atoms with Crippen molar-refractivity contribution >= 4 is 33.1 Å². The Morgan fingerprint density at radius 2 is 1.43 bits per heavy atom. The second-order valence-electron chi connectivity index (χ2n) is 4.78. The SMILES string of the molecule is CCS(=O)(=O)Nc1ccc(Nc2ccc(C(=O)OC)cc2)cc1. The fourth-order valence-corrected chi connectivity index (χ4v) is 2.49. The predicted molar refractivity (Wildman–Crippen MR) is 90.6 cm³/mol. The number of anilines is 3. The summed E-state index contributed by atoms with van der Waals surface area (Å²) in [5.41, 5.74) is 2.59. The van der Waals surface area contributed by atoms with E-state index < -0.39 is 10.0 Å². The third-order valence-electron chi connectivity index (χ3n) is 3.13. The number of sulfonamides is 1. The minimum atomic E-state index is -3.27. The number of hydrogen-bond donors (Lipinski definition) is 2. The van der Waals surface area contributed by atoms with E-state index in [0.717, 1.165) is 11.4 Å². The zero-order chi connectivity index (χ0) is 16.9. The highest BCUT2D eigenvalue weighted by atomic mass is 32.2. The Balaban J connectivity index is 2.05. The Kier molecular flexibility index (Phi) is 5.23. The average molecular weight is 334 g/mol. The van der Waals surface area contributed by atoms with Gasteiger partial charge < -0.3 is 10.1 Å². The van der Waals surface area contributed by atoms with Crippen LogP contribution in [0.2, 0.25) is 0 Å². The van der Waals surface area contributed by atoms with E-state index in [1.165, 1.54) is 7.11 Å². The normalized spacial score (nSPS) is 10.9. The van der Waals surface area contributed by atoms with Crippen LogP contribution >= 0.6 is 0 Å². The van der Waals surface area contributed by atoms with Crippen LogP contribution in [-0.4, -0.2) is 27.2 Å². The number of rotatable bonds is 6. The third-order valence-corrected chi connectivity index (χ3v) is 4.44. The van der Waals surface area contributed by atoms with Gasteiger partial charge >= 0.3 is 5.97 Å². The highest BCUT2D eigenvalue weighted by Gasteiger charge is 2.07. The van der Waals surface area contributed by atoms with Crippen LogP contribution in [0.1, 0.15) is 17.3 Å². The van der Waals surface area contributed by atoms with Crippen molar-refractivity contribution in [2.45, 2.75) is 6.92 Å². The lowest BCUT2D eigenvalue weighted by molar-refractivity contribution is 0.0601. The number of carbonyl (C=O) groups excluding carboxylic acids is 1. The fourth-order valence-electron chi connectivity index (χ4n) is 1.85. The summed E-state index contributed by atoms with van der Waals surface area (Å²) in [6.45, 7) is 1.58. The minimum Gasteiger partial charge on any atom is -0.465 e. The minimum absolute atomic E-state index is 0.0273. The van der Waals surface area contributed by atoms with Crippen molar-refractivity contribution in [3.05, 3.63) is 54.1 Å². The lowest BCUT2D eigenvalue weighted by atomic mass is 10.2. The van der Waals surface area contributed by atoms with Gasteiger partial charge in [-0.15, -0.1) is 0 Å². The molecule has 23 heavy (non-hydrogen) atoms. The molecule has 0 aliphatic carbocycles. The molecule has 6 nitrogen and oxygen atoms in total. The van der Waals surface area contributed by atoms with Gasteiger partial charge in [0, 0.05) is 17.1 Å². The van der Waals surface area contributed by atoms with Crippen LogP contribution in [0, 0.1) is 0 Å². The molecule has 0 aromatic heterocycles. The van der Waals surface area contributed by atoms with Crippen LogP contribution in [0.4, 0.5) is 17.1 Å². The highest BCUT2D eigenvalue weighted by molar-refractivity contribution is 7.92. The molecule has 0 saturated heterocycles. The average Bonchev–Trinajstić information content (AvgIpc) is 2.56. The van der Waals surface area contributed by atoms with Crippen molar-refractivity contribution in [2.24, 2.45) is 0 Å². The summed E-state index contributed by atoms with van der Waals surface area (Å²) in [6, 6.07) is 13.7. The van der Waals surface area contributed by atoms with Crippen molar-refractivity contribution in [3.63, 3.8) is 0 Å². The first-order valence-corrected chi connectivity index (χ1v) is 8.64. The van der Waals surface area contributed by atoms with Gasteiger partial charge in [-0.2, -0.15) is 0 Å². The number of methoxy groups -OCH3 is 1. The lowest BCUT2D eigenvalue weighted by Gasteiger charge is -2.09. The maximum Gasteiger partial charge on any atom is 0.337 e. The molecule has 0 fully saturated rings. The van der Waals surface area contributed by atoms with Crippen LogP contribution in [0.15, 0.2) is 48.5 Å². The van der Waals surface area contributed by atoms with E-state index in [-0.39, 0.29) is 11.7 Å².